The van der Waals surface area contributed by atoms with Crippen molar-refractivity contribution in [2.45, 2.75) is 12.3 Å². The van der Waals surface area contributed by atoms with E-state index in [4.69, 9.17) is 15.0 Å². The van der Waals surface area contributed by atoms with Gasteiger partial charge in [0.15, 0.2) is 17.5 Å². The molecule has 9 aromatic carbocycles. The lowest BCUT2D eigenvalue weighted by atomic mass is 9.85. The van der Waals surface area contributed by atoms with E-state index in [1.807, 2.05) is 60.7 Å². The molecule has 0 amide bonds. The third-order valence-electron chi connectivity index (χ3n) is 13.9. The van der Waals surface area contributed by atoms with Crippen LogP contribution in [0.5, 0.6) is 0 Å². The maximum atomic E-state index is 5.06. The van der Waals surface area contributed by atoms with E-state index >= 15 is 0 Å². The zero-order valence-electron chi connectivity index (χ0n) is 35.8. The van der Waals surface area contributed by atoms with E-state index in [0.717, 1.165) is 39.8 Å². The summed E-state index contributed by atoms with van der Waals surface area (Å²) in [6.07, 6.45) is 5.72. The summed E-state index contributed by atoms with van der Waals surface area (Å²) in [5, 5.41) is 6.52. The average Bonchev–Trinajstić information content (AvgIpc) is 4.03. The average molecular weight is 842 g/mol. The van der Waals surface area contributed by atoms with Crippen molar-refractivity contribution in [1.29, 1.82) is 0 Å². The van der Waals surface area contributed by atoms with Crippen molar-refractivity contribution >= 4 is 49.6 Å². The lowest BCUT2D eigenvalue weighted by Crippen LogP contribution is -2.07. The number of allylic oxidation sites excluding steroid dienone is 1. The molecule has 0 saturated heterocycles. The van der Waals surface area contributed by atoms with Crippen LogP contribution in [0.3, 0.4) is 0 Å². The molecular weight excluding hydrogens is 803 g/mol. The molecule has 12 aromatic rings. The standard InChI is InChI=1S/C61H39N5/c1-4-16-38(17-5-1)59-62-60(39-18-6-2-7-19-39)64-61(63-59)42-20-14-23-44(34-42)66-53-29-13-12-26-47(53)50-35-40(30-32-54(50)66)41-31-33-55-52(36-41)58-49-28-15-27-48-45-24-10-11-25-46(45)51(57(48)49)37-56(58)65(55)43-21-8-3-9-22-43/h1-35,37,41H,36H2. The predicted octanol–water partition coefficient (Wildman–Crippen LogP) is 15.1. The van der Waals surface area contributed by atoms with Crippen LogP contribution in [0.4, 0.5) is 0 Å². The maximum absolute atomic E-state index is 5.06. The fourth-order valence-corrected chi connectivity index (χ4v) is 10.9. The number of rotatable bonds is 6. The lowest BCUT2D eigenvalue weighted by molar-refractivity contribution is 0.827. The van der Waals surface area contributed by atoms with Crippen LogP contribution in [0.2, 0.25) is 0 Å². The van der Waals surface area contributed by atoms with Gasteiger partial charge in [-0.05, 0) is 105 Å². The molecule has 0 N–H and O–H groups in total. The number of aromatic nitrogens is 5. The normalized spacial score (nSPS) is 13.8. The van der Waals surface area contributed by atoms with Crippen molar-refractivity contribution in [3.05, 3.63) is 229 Å². The van der Waals surface area contributed by atoms with Gasteiger partial charge in [0.25, 0.3) is 0 Å². The van der Waals surface area contributed by atoms with Crippen molar-refractivity contribution < 1.29 is 0 Å². The molecular formula is C61H39N5. The van der Waals surface area contributed by atoms with Crippen molar-refractivity contribution in [1.82, 2.24) is 24.1 Å². The zero-order chi connectivity index (χ0) is 43.3. The van der Waals surface area contributed by atoms with Gasteiger partial charge in [-0.15, -0.1) is 0 Å². The van der Waals surface area contributed by atoms with Crippen molar-refractivity contribution in [2.75, 3.05) is 0 Å². The Kier molecular flexibility index (Phi) is 8.04. The summed E-state index contributed by atoms with van der Waals surface area (Å²) >= 11 is 0. The highest BCUT2D eigenvalue weighted by molar-refractivity contribution is 6.24. The molecule has 0 spiro atoms. The summed E-state index contributed by atoms with van der Waals surface area (Å²) in [5.41, 5.74) is 17.9. The Hall–Kier alpha value is -8.67. The number of hydrogen-bond donors (Lipinski definition) is 0. The first-order chi connectivity index (χ1) is 32.7. The minimum atomic E-state index is 0.198. The molecule has 308 valence electrons. The van der Waals surface area contributed by atoms with Gasteiger partial charge >= 0.3 is 0 Å². The zero-order valence-corrected chi connectivity index (χ0v) is 35.8. The molecule has 2 aliphatic carbocycles. The highest BCUT2D eigenvalue weighted by Crippen LogP contribution is 2.52. The lowest BCUT2D eigenvalue weighted by Gasteiger charge is -2.20. The minimum Gasteiger partial charge on any atom is -0.310 e. The third kappa shape index (κ3) is 5.56. The van der Waals surface area contributed by atoms with Crippen LogP contribution in [-0.2, 0) is 6.42 Å². The smallest absolute Gasteiger partial charge is 0.164 e. The van der Waals surface area contributed by atoms with Crippen molar-refractivity contribution in [3.63, 3.8) is 0 Å². The van der Waals surface area contributed by atoms with Crippen LogP contribution in [0.1, 0.15) is 22.7 Å². The van der Waals surface area contributed by atoms with E-state index in [9.17, 15) is 0 Å². The summed E-state index contributed by atoms with van der Waals surface area (Å²) in [4.78, 5) is 15.1. The van der Waals surface area contributed by atoms with E-state index in [1.54, 1.807) is 0 Å². The number of para-hydroxylation sites is 2. The molecule has 0 fully saturated rings. The van der Waals surface area contributed by atoms with Gasteiger partial charge in [-0.2, -0.15) is 0 Å². The first-order valence-corrected chi connectivity index (χ1v) is 22.7. The largest absolute Gasteiger partial charge is 0.310 e. The monoisotopic (exact) mass is 841 g/mol. The van der Waals surface area contributed by atoms with Crippen LogP contribution in [-0.4, -0.2) is 24.1 Å². The molecule has 1 unspecified atom stereocenters. The van der Waals surface area contributed by atoms with Gasteiger partial charge in [0.1, 0.15) is 0 Å². The molecule has 14 rings (SSSR count). The van der Waals surface area contributed by atoms with Crippen molar-refractivity contribution in [2.24, 2.45) is 0 Å². The predicted molar refractivity (Wildman–Crippen MR) is 271 cm³/mol. The van der Waals surface area contributed by atoms with Crippen LogP contribution in [0.15, 0.2) is 212 Å². The molecule has 2 aliphatic rings. The van der Waals surface area contributed by atoms with E-state index in [-0.39, 0.29) is 5.92 Å². The second-order valence-corrected chi connectivity index (χ2v) is 17.5. The highest BCUT2D eigenvalue weighted by Gasteiger charge is 2.30. The van der Waals surface area contributed by atoms with E-state index < -0.39 is 0 Å². The Morgan fingerprint density at radius 1 is 0.379 bits per heavy atom. The van der Waals surface area contributed by atoms with Gasteiger partial charge in [-0.1, -0.05) is 164 Å². The van der Waals surface area contributed by atoms with Gasteiger partial charge in [0.2, 0.25) is 0 Å². The molecule has 0 aliphatic heterocycles. The molecule has 1 atom stereocenters. The molecule has 3 aromatic heterocycles. The van der Waals surface area contributed by atoms with Gasteiger partial charge in [0, 0.05) is 55.8 Å². The maximum Gasteiger partial charge on any atom is 0.164 e. The summed E-state index contributed by atoms with van der Waals surface area (Å²) in [6.45, 7) is 0. The van der Waals surface area contributed by atoms with Crippen LogP contribution in [0, 0.1) is 0 Å². The van der Waals surface area contributed by atoms with Crippen molar-refractivity contribution in [3.8, 4) is 67.8 Å². The molecule has 66 heavy (non-hydrogen) atoms. The second-order valence-electron chi connectivity index (χ2n) is 17.5. The Balaban J connectivity index is 0.896. The highest BCUT2D eigenvalue weighted by atomic mass is 15.0. The number of hydrogen-bond acceptors (Lipinski definition) is 3. The Morgan fingerprint density at radius 3 is 1.71 bits per heavy atom. The Labute approximate surface area is 381 Å². The quantitative estimate of drug-likeness (QED) is 0.168. The van der Waals surface area contributed by atoms with Gasteiger partial charge < -0.3 is 9.13 Å². The van der Waals surface area contributed by atoms with Gasteiger partial charge in [-0.3, -0.25) is 0 Å². The van der Waals surface area contributed by atoms with Gasteiger partial charge in [0.05, 0.1) is 16.6 Å². The topological polar surface area (TPSA) is 48.5 Å². The van der Waals surface area contributed by atoms with Crippen LogP contribution < -0.4 is 0 Å². The SMILES string of the molecule is C1=CC(c2ccc3c(c2)c2ccccc2n3-c2cccc(-c3nc(-c4ccccc4)nc(-c4ccccc4)n3)c2)Cc2c1n(-c1ccccc1)c1cc3c4c(cccc4c21)-c1ccccc1-3. The first kappa shape index (κ1) is 36.8. The van der Waals surface area contributed by atoms with Crippen LogP contribution >= 0.6 is 0 Å². The third-order valence-corrected chi connectivity index (χ3v) is 13.9. The fourth-order valence-electron chi connectivity index (χ4n) is 10.9. The van der Waals surface area contributed by atoms with E-state index in [2.05, 4.69) is 167 Å². The van der Waals surface area contributed by atoms with E-state index in [1.165, 1.54) is 77.2 Å². The Bertz CT molecular complexity index is 3900. The first-order valence-electron chi connectivity index (χ1n) is 22.7. The Morgan fingerprint density at radius 2 is 0.955 bits per heavy atom. The molecule has 0 bridgehead atoms. The molecule has 5 nitrogen and oxygen atoms in total. The molecule has 0 saturated carbocycles. The summed E-state index contributed by atoms with van der Waals surface area (Å²) in [6, 6.07) is 73.9. The van der Waals surface area contributed by atoms with E-state index in [0.29, 0.717) is 17.5 Å². The second kappa shape index (κ2) is 14.4. The summed E-state index contributed by atoms with van der Waals surface area (Å²) < 4.78 is 4.88. The minimum absolute atomic E-state index is 0.198. The van der Waals surface area contributed by atoms with Crippen LogP contribution in [0.25, 0.3) is 117 Å². The summed E-state index contributed by atoms with van der Waals surface area (Å²) in [7, 11) is 0. The molecule has 3 heterocycles. The number of nitrogens with zero attached hydrogens (tertiary/aromatic N) is 5. The molecule has 0 radical (unpaired) electrons. The number of fused-ring (bicyclic) bond motifs is 10. The number of benzene rings is 9. The molecule has 5 heteroatoms. The summed E-state index contributed by atoms with van der Waals surface area (Å²) in [5.74, 6) is 2.13. The van der Waals surface area contributed by atoms with Gasteiger partial charge in [-0.25, -0.2) is 15.0 Å². The fraction of sp³-hybridized carbons (Fsp3) is 0.0328.